The molecule has 5 aliphatic heterocycles. The molecule has 6 atom stereocenters. The van der Waals surface area contributed by atoms with Gasteiger partial charge in [0.25, 0.3) is 0 Å². The lowest BCUT2D eigenvalue weighted by molar-refractivity contribution is -0.151. The van der Waals surface area contributed by atoms with Gasteiger partial charge in [-0.2, -0.15) is 0 Å². The Morgan fingerprint density at radius 3 is 0.893 bits per heavy atom. The minimum absolute atomic E-state index is 0.171. The van der Waals surface area contributed by atoms with Gasteiger partial charge in [0.05, 0.1) is 22.2 Å². The molecule has 0 aromatic carbocycles. The molecule has 19 nitrogen and oxygen atoms in total. The molecule has 0 N–H and O–H groups in total. The average molecular weight is 851 g/mol. The number of likely N-dealkylation sites (tertiary alicyclic amines) is 4. The lowest BCUT2D eigenvalue weighted by Crippen LogP contribution is -2.72. The Labute approximate surface area is 326 Å². The number of allylic oxidation sites excluding steroid dienone is 1. The first kappa shape index (κ1) is 43.1. The van der Waals surface area contributed by atoms with E-state index >= 15 is 0 Å². The summed E-state index contributed by atoms with van der Waals surface area (Å²) in [5.74, 6) is -9.33. The Bertz CT molecular complexity index is 1620. The van der Waals surface area contributed by atoms with Crippen LogP contribution in [0.3, 0.4) is 0 Å². The van der Waals surface area contributed by atoms with Crippen molar-refractivity contribution in [1.29, 1.82) is 0 Å². The van der Waals surface area contributed by atoms with Crippen molar-refractivity contribution in [3.05, 3.63) is 12.3 Å². The second kappa shape index (κ2) is 15.1. The van der Waals surface area contributed by atoms with Crippen LogP contribution in [0.2, 0.25) is 48.4 Å². The zero-order chi connectivity index (χ0) is 42.0. The molecule has 0 radical (unpaired) electrons. The van der Waals surface area contributed by atoms with Crippen molar-refractivity contribution in [2.24, 2.45) is 0 Å². The van der Waals surface area contributed by atoms with E-state index in [4.69, 9.17) is 16.5 Å². The van der Waals surface area contributed by atoms with Crippen molar-refractivity contribution >= 4 is 99.2 Å². The smallest absolute Gasteiger partial charge is 0.330 e. The first-order chi connectivity index (χ1) is 26.0. The first-order valence-corrected chi connectivity index (χ1v) is 28.1. The third-order valence-corrected chi connectivity index (χ3v) is 31.0. The first-order valence-electron chi connectivity index (χ1n) is 18.5. The zero-order valence-corrected chi connectivity index (χ0v) is 36.6. The summed E-state index contributed by atoms with van der Waals surface area (Å²) in [5, 5.41) is 0. The molecule has 0 spiro atoms. The van der Waals surface area contributed by atoms with Crippen molar-refractivity contribution in [1.82, 2.24) is 19.6 Å². The van der Waals surface area contributed by atoms with Crippen LogP contribution < -0.4 is 0 Å². The molecule has 0 bridgehead atoms. The van der Waals surface area contributed by atoms with E-state index in [9.17, 15) is 52.7 Å². The zero-order valence-electron chi connectivity index (χ0n) is 32.6. The van der Waals surface area contributed by atoms with Crippen molar-refractivity contribution in [2.75, 3.05) is 0 Å². The molecular formula is C33H46N4O15Si4. The number of imide groups is 10. The fraction of sp³-hybridized carbons (Fsp3) is 0.606. The maximum atomic E-state index is 14.2. The third kappa shape index (κ3) is 6.90. The minimum atomic E-state index is -4.56. The third-order valence-electron chi connectivity index (χ3n) is 11.1. The molecule has 5 rings (SSSR count). The van der Waals surface area contributed by atoms with Crippen LogP contribution in [-0.2, 0) is 69.2 Å². The summed E-state index contributed by atoms with van der Waals surface area (Å²) in [4.78, 5) is 151. The van der Waals surface area contributed by atoms with Crippen molar-refractivity contribution in [2.45, 2.75) is 127 Å². The number of carbonyl (C=O) groups is 11. The van der Waals surface area contributed by atoms with E-state index in [-0.39, 0.29) is 31.4 Å². The van der Waals surface area contributed by atoms with Gasteiger partial charge in [-0.3, -0.25) is 57.6 Å². The van der Waals surface area contributed by atoms with E-state index in [1.165, 1.54) is 47.0 Å². The largest absolute Gasteiger partial charge is 0.415 e. The van der Waals surface area contributed by atoms with Crippen molar-refractivity contribution in [3.63, 3.8) is 0 Å². The molecule has 23 heteroatoms. The lowest BCUT2D eigenvalue weighted by atomic mass is 10.3. The van der Waals surface area contributed by atoms with Crippen LogP contribution in [0.1, 0.15) is 79.1 Å². The molecule has 5 fully saturated rings. The summed E-state index contributed by atoms with van der Waals surface area (Å²) in [7, 11) is -18.1. The second-order valence-electron chi connectivity index (χ2n) is 14.9. The quantitative estimate of drug-likeness (QED) is 0.237. The highest BCUT2D eigenvalue weighted by Gasteiger charge is 2.72. The second-order valence-corrected chi connectivity index (χ2v) is 29.1. The van der Waals surface area contributed by atoms with E-state index in [0.29, 0.717) is 14.7 Å². The number of nitrogens with zero attached hydrogens (tertiary/aromatic N) is 4. The summed E-state index contributed by atoms with van der Waals surface area (Å²) in [6, 6.07) is 0. The van der Waals surface area contributed by atoms with Gasteiger partial charge in [-0.25, -0.2) is 14.7 Å². The maximum Gasteiger partial charge on any atom is 0.330 e. The Morgan fingerprint density at radius 2 is 0.679 bits per heavy atom. The monoisotopic (exact) mass is 850 g/mol. The molecular weight excluding hydrogens is 805 g/mol. The molecule has 5 saturated heterocycles. The number of rotatable bonds is 9. The predicted octanol–water partition coefficient (Wildman–Crippen LogP) is 1.60. The summed E-state index contributed by atoms with van der Waals surface area (Å²) in [5.41, 5.74) is -5.72. The normalized spacial score (nSPS) is 35.6. The highest BCUT2D eigenvalue weighted by molar-refractivity contribution is 6.98. The summed E-state index contributed by atoms with van der Waals surface area (Å²) >= 11 is 0. The van der Waals surface area contributed by atoms with Gasteiger partial charge >= 0.3 is 34.2 Å². The molecule has 0 aromatic rings. The van der Waals surface area contributed by atoms with Crippen LogP contribution in [-0.4, -0.2) is 119 Å². The Hall–Kier alpha value is -3.98. The molecule has 6 unspecified atom stereocenters. The van der Waals surface area contributed by atoms with Gasteiger partial charge in [0.15, 0.2) is 0 Å². The summed E-state index contributed by atoms with van der Waals surface area (Å²) in [6.45, 7) is 15.4. The topological polar surface area (TPSA) is 238 Å². The highest BCUT2D eigenvalue weighted by atomic mass is 28.5. The SMILES string of the molecule is C=C(CC)N1C(=O)CC([Si]2(C)O[Si](C)(C3CC(=O)N(C(=O)CC)C3=O)O[Si](C)(C3CC(=O)N(C(=O)CC)C3=O)O[Si](C)(C3CC(=O)N(C(=O)CC)C3=O)O2)C1=O. The summed E-state index contributed by atoms with van der Waals surface area (Å²) < 4.78 is 27.7. The van der Waals surface area contributed by atoms with E-state index in [1.54, 1.807) is 6.92 Å². The van der Waals surface area contributed by atoms with E-state index in [0.717, 1.165) is 4.90 Å². The highest BCUT2D eigenvalue weighted by Crippen LogP contribution is 2.52. The van der Waals surface area contributed by atoms with Crippen LogP contribution in [0.25, 0.3) is 0 Å². The van der Waals surface area contributed by atoms with E-state index < -0.39 is 147 Å². The van der Waals surface area contributed by atoms with E-state index in [2.05, 4.69) is 6.58 Å². The van der Waals surface area contributed by atoms with Gasteiger partial charge in [0.1, 0.15) is 0 Å². The number of hydrogen-bond donors (Lipinski definition) is 0. The average Bonchev–Trinajstić information content (AvgIpc) is 3.81. The Kier molecular flexibility index (Phi) is 11.6. The molecule has 0 aliphatic carbocycles. The number of carbonyl (C=O) groups excluding carboxylic acids is 11. The molecule has 0 saturated carbocycles. The van der Waals surface area contributed by atoms with Gasteiger partial charge < -0.3 is 16.5 Å². The van der Waals surface area contributed by atoms with E-state index in [1.807, 2.05) is 0 Å². The predicted molar refractivity (Wildman–Crippen MR) is 197 cm³/mol. The van der Waals surface area contributed by atoms with Crippen LogP contribution in [0.5, 0.6) is 0 Å². The van der Waals surface area contributed by atoms with Gasteiger partial charge in [-0.15, -0.1) is 0 Å². The maximum absolute atomic E-state index is 14.2. The van der Waals surface area contributed by atoms with Crippen LogP contribution in [0.15, 0.2) is 12.3 Å². The standard InChI is InChI=1S/C33H46N4O15Si4/c1-10-18(5)34-26(41)14-19(30(34)45)53(6)49-54(7,20-15-27(42)35(31(20)46)23(38)11-2)51-56(9,22-17-29(44)37(33(22)48)25(40)13-4)52-55(8,50-53)21-16-28(43)36(32(21)47)24(39)12-3/h19-22H,5,10-17H2,1-4,6-9H3. The van der Waals surface area contributed by atoms with Gasteiger partial charge in [0, 0.05) is 50.6 Å². The fourth-order valence-corrected chi connectivity index (χ4v) is 32.3. The molecule has 304 valence electrons. The van der Waals surface area contributed by atoms with Gasteiger partial charge in [0.2, 0.25) is 65.0 Å². The Balaban J connectivity index is 1.75. The van der Waals surface area contributed by atoms with Crippen molar-refractivity contribution < 1.29 is 69.2 Å². The molecule has 0 aromatic heterocycles. The molecule has 5 heterocycles. The van der Waals surface area contributed by atoms with Gasteiger partial charge in [-0.1, -0.05) is 34.3 Å². The number of hydrogen-bond acceptors (Lipinski definition) is 15. The van der Waals surface area contributed by atoms with Crippen LogP contribution in [0.4, 0.5) is 0 Å². The molecule has 11 amide bonds. The summed E-state index contributed by atoms with van der Waals surface area (Å²) in [6.07, 6.45) is -2.66. The molecule has 5 aliphatic rings. The van der Waals surface area contributed by atoms with Crippen LogP contribution in [0, 0.1) is 0 Å². The number of amides is 11. The van der Waals surface area contributed by atoms with Gasteiger partial charge in [-0.05, 0) is 32.6 Å². The van der Waals surface area contributed by atoms with Crippen molar-refractivity contribution in [3.8, 4) is 0 Å². The molecule has 56 heavy (non-hydrogen) atoms. The Morgan fingerprint density at radius 1 is 0.464 bits per heavy atom. The van der Waals surface area contributed by atoms with Crippen LogP contribution >= 0.6 is 0 Å². The lowest BCUT2D eigenvalue weighted by Gasteiger charge is -2.53. The fourth-order valence-electron chi connectivity index (χ4n) is 8.18. The minimum Gasteiger partial charge on any atom is -0.415 e.